The van der Waals surface area contributed by atoms with Gasteiger partial charge in [-0.15, -0.1) is 6.58 Å². The zero-order valence-corrected chi connectivity index (χ0v) is 8.86. The molecule has 5 heteroatoms. The lowest BCUT2D eigenvalue weighted by Gasteiger charge is -2.08. The normalized spacial score (nSPS) is 11.6. The van der Waals surface area contributed by atoms with E-state index in [1.54, 1.807) is 6.92 Å². The third-order valence-corrected chi connectivity index (χ3v) is 1.63. The molecule has 0 aliphatic heterocycles. The predicted molar refractivity (Wildman–Crippen MR) is 55.1 cm³/mol. The first-order valence-electron chi connectivity index (χ1n) is 4.84. The van der Waals surface area contributed by atoms with E-state index in [4.69, 9.17) is 0 Å². The van der Waals surface area contributed by atoms with Gasteiger partial charge in [-0.1, -0.05) is 6.08 Å². The molecule has 5 nitrogen and oxygen atoms in total. The molecule has 0 aromatic carbocycles. The Balaban J connectivity index is 3.62. The average molecular weight is 215 g/mol. The lowest BCUT2D eigenvalue weighted by Crippen LogP contribution is -2.35. The molecule has 0 aliphatic rings. The summed E-state index contributed by atoms with van der Waals surface area (Å²) in [6, 6.07) is 0. The van der Waals surface area contributed by atoms with Gasteiger partial charge in [-0.05, 0) is 6.92 Å². The molecule has 0 saturated carbocycles. The van der Waals surface area contributed by atoms with Crippen molar-refractivity contribution >= 4 is 11.9 Å². The fourth-order valence-corrected chi connectivity index (χ4v) is 0.904. The molecule has 0 unspecified atom stereocenters. The maximum absolute atomic E-state index is 11.1. The number of ether oxygens (including phenoxy) is 1. The van der Waals surface area contributed by atoms with Gasteiger partial charge in [-0.2, -0.15) is 0 Å². The number of hydrogen-bond acceptors (Lipinski definition) is 4. The Morgan fingerprint density at radius 2 is 2.27 bits per heavy atom. The molecule has 0 radical (unpaired) electrons. The fraction of sp³-hybridized carbons (Fsp3) is 0.600. The van der Waals surface area contributed by atoms with Crippen molar-refractivity contribution in [1.29, 1.82) is 0 Å². The Morgan fingerprint density at radius 1 is 1.60 bits per heavy atom. The largest absolute Gasteiger partial charge is 0.466 e. The van der Waals surface area contributed by atoms with Gasteiger partial charge < -0.3 is 15.2 Å². The molecule has 86 valence electrons. The van der Waals surface area contributed by atoms with Gasteiger partial charge >= 0.3 is 5.97 Å². The van der Waals surface area contributed by atoms with E-state index in [0.29, 0.717) is 6.61 Å². The molecule has 0 aromatic heterocycles. The van der Waals surface area contributed by atoms with Crippen molar-refractivity contribution in [2.75, 3.05) is 13.2 Å². The molecule has 0 heterocycles. The second-order valence-corrected chi connectivity index (χ2v) is 2.89. The highest BCUT2D eigenvalue weighted by Gasteiger charge is 2.12. The van der Waals surface area contributed by atoms with Crippen LogP contribution in [-0.2, 0) is 14.3 Å². The number of amides is 1. The van der Waals surface area contributed by atoms with Crippen LogP contribution >= 0.6 is 0 Å². The summed E-state index contributed by atoms with van der Waals surface area (Å²) in [4.78, 5) is 22.0. The van der Waals surface area contributed by atoms with Gasteiger partial charge in [-0.3, -0.25) is 9.59 Å². The molecule has 2 N–H and O–H groups in total. The quantitative estimate of drug-likeness (QED) is 0.463. The number of esters is 1. The lowest BCUT2D eigenvalue weighted by atomic mass is 10.2. The molecule has 15 heavy (non-hydrogen) atoms. The SMILES string of the molecule is C=CC[C@@H](O)C(=O)NCCC(=O)OCC. The van der Waals surface area contributed by atoms with E-state index in [-0.39, 0.29) is 25.4 Å². The second kappa shape index (κ2) is 7.99. The number of carbonyl (C=O) groups is 2. The van der Waals surface area contributed by atoms with Crippen LogP contribution in [0.15, 0.2) is 12.7 Å². The highest BCUT2D eigenvalue weighted by Crippen LogP contribution is 1.92. The summed E-state index contributed by atoms with van der Waals surface area (Å²) in [6.07, 6.45) is 0.672. The molecule has 0 aliphatic carbocycles. The standard InChI is InChI=1S/C10H17NO4/c1-3-5-8(12)10(14)11-7-6-9(13)15-4-2/h3,8,12H,1,4-7H2,2H3,(H,11,14)/t8-/m1/s1. The van der Waals surface area contributed by atoms with Gasteiger partial charge in [0.2, 0.25) is 5.91 Å². The lowest BCUT2D eigenvalue weighted by molar-refractivity contribution is -0.143. The summed E-state index contributed by atoms with van der Waals surface area (Å²) in [7, 11) is 0. The van der Waals surface area contributed by atoms with E-state index in [1.807, 2.05) is 0 Å². The molecule has 0 bridgehead atoms. The van der Waals surface area contributed by atoms with Gasteiger partial charge in [0, 0.05) is 13.0 Å². The Bertz CT molecular complexity index is 227. The summed E-state index contributed by atoms with van der Waals surface area (Å²) in [5.74, 6) is -0.866. The van der Waals surface area contributed by atoms with Crippen LogP contribution in [-0.4, -0.2) is 36.2 Å². The average Bonchev–Trinajstić information content (AvgIpc) is 2.18. The van der Waals surface area contributed by atoms with Crippen molar-refractivity contribution in [2.24, 2.45) is 0 Å². The topological polar surface area (TPSA) is 75.6 Å². The van der Waals surface area contributed by atoms with Crippen LogP contribution < -0.4 is 5.32 Å². The maximum Gasteiger partial charge on any atom is 0.307 e. The molecule has 1 atom stereocenters. The van der Waals surface area contributed by atoms with Crippen molar-refractivity contribution in [3.63, 3.8) is 0 Å². The summed E-state index contributed by atoms with van der Waals surface area (Å²) in [5.41, 5.74) is 0. The van der Waals surface area contributed by atoms with Crippen LogP contribution in [0.3, 0.4) is 0 Å². The fourth-order valence-electron chi connectivity index (χ4n) is 0.904. The van der Waals surface area contributed by atoms with Crippen molar-refractivity contribution in [3.8, 4) is 0 Å². The zero-order chi connectivity index (χ0) is 11.7. The van der Waals surface area contributed by atoms with Crippen LogP contribution in [0.2, 0.25) is 0 Å². The maximum atomic E-state index is 11.1. The molecular formula is C10H17NO4. The van der Waals surface area contributed by atoms with Crippen LogP contribution in [0.5, 0.6) is 0 Å². The Hall–Kier alpha value is -1.36. The minimum absolute atomic E-state index is 0.111. The molecule has 0 saturated heterocycles. The smallest absolute Gasteiger partial charge is 0.307 e. The van der Waals surface area contributed by atoms with Crippen LogP contribution in [0.4, 0.5) is 0 Å². The van der Waals surface area contributed by atoms with Crippen molar-refractivity contribution in [3.05, 3.63) is 12.7 Å². The van der Waals surface area contributed by atoms with Gasteiger partial charge in [-0.25, -0.2) is 0 Å². The van der Waals surface area contributed by atoms with Crippen LogP contribution in [0.1, 0.15) is 19.8 Å². The van der Waals surface area contributed by atoms with Gasteiger partial charge in [0.25, 0.3) is 0 Å². The molecule has 0 aromatic rings. The first-order chi connectivity index (χ1) is 7.11. The Kier molecular flexibility index (Phi) is 7.27. The number of carbonyl (C=O) groups excluding carboxylic acids is 2. The molecule has 0 rings (SSSR count). The number of rotatable bonds is 7. The third kappa shape index (κ3) is 6.68. The van der Waals surface area contributed by atoms with E-state index < -0.39 is 12.0 Å². The van der Waals surface area contributed by atoms with Crippen molar-refractivity contribution in [2.45, 2.75) is 25.9 Å². The Labute approximate surface area is 89.1 Å². The van der Waals surface area contributed by atoms with E-state index in [1.165, 1.54) is 6.08 Å². The summed E-state index contributed by atoms with van der Waals surface area (Å²) >= 11 is 0. The first kappa shape index (κ1) is 13.6. The molecule has 0 fully saturated rings. The number of aliphatic hydroxyl groups excluding tert-OH is 1. The number of nitrogens with one attached hydrogen (secondary N) is 1. The van der Waals surface area contributed by atoms with E-state index in [2.05, 4.69) is 16.6 Å². The van der Waals surface area contributed by atoms with Crippen molar-refractivity contribution < 1.29 is 19.4 Å². The molecule has 1 amide bonds. The summed E-state index contributed by atoms with van der Waals surface area (Å²) in [6.45, 7) is 5.61. The second-order valence-electron chi connectivity index (χ2n) is 2.89. The van der Waals surface area contributed by atoms with Crippen molar-refractivity contribution in [1.82, 2.24) is 5.32 Å². The van der Waals surface area contributed by atoms with E-state index >= 15 is 0 Å². The zero-order valence-electron chi connectivity index (χ0n) is 8.86. The van der Waals surface area contributed by atoms with Gasteiger partial charge in [0.1, 0.15) is 6.10 Å². The minimum atomic E-state index is -1.09. The van der Waals surface area contributed by atoms with E-state index in [9.17, 15) is 14.7 Å². The monoisotopic (exact) mass is 215 g/mol. The predicted octanol–water partition coefficient (Wildman–Crippen LogP) is -0.00720. The third-order valence-electron chi connectivity index (χ3n) is 1.63. The highest BCUT2D eigenvalue weighted by molar-refractivity contribution is 5.81. The minimum Gasteiger partial charge on any atom is -0.466 e. The summed E-state index contributed by atoms with van der Waals surface area (Å²) in [5, 5.41) is 11.6. The number of hydrogen-bond donors (Lipinski definition) is 2. The Morgan fingerprint density at radius 3 is 2.80 bits per heavy atom. The molecule has 0 spiro atoms. The van der Waals surface area contributed by atoms with Gasteiger partial charge in [0.05, 0.1) is 13.0 Å². The highest BCUT2D eigenvalue weighted by atomic mass is 16.5. The van der Waals surface area contributed by atoms with E-state index in [0.717, 1.165) is 0 Å². The van der Waals surface area contributed by atoms with Crippen LogP contribution in [0.25, 0.3) is 0 Å². The summed E-state index contributed by atoms with van der Waals surface area (Å²) < 4.78 is 4.66. The first-order valence-corrected chi connectivity index (χ1v) is 4.84. The van der Waals surface area contributed by atoms with Crippen LogP contribution in [0, 0.1) is 0 Å². The number of aliphatic hydroxyl groups is 1. The molecular weight excluding hydrogens is 198 g/mol. The van der Waals surface area contributed by atoms with Gasteiger partial charge in [0.15, 0.2) is 0 Å².